The van der Waals surface area contributed by atoms with Gasteiger partial charge >= 0.3 is 6.03 Å². The smallest absolute Gasteiger partial charge is 0.323 e. The van der Waals surface area contributed by atoms with Gasteiger partial charge in [0.05, 0.1) is 47.5 Å². The molecule has 5 rings (SSSR count). The van der Waals surface area contributed by atoms with Crippen LogP contribution in [0, 0.1) is 18.3 Å². The Labute approximate surface area is 211 Å². The van der Waals surface area contributed by atoms with Crippen LogP contribution in [0.4, 0.5) is 18.7 Å². The lowest BCUT2D eigenvalue weighted by Gasteiger charge is -2.33. The summed E-state index contributed by atoms with van der Waals surface area (Å²) in [5, 5.41) is 12.6. The molecule has 2 aliphatic rings. The SMILES string of the molecule is Cc1cc(-c2sc(NC(=O)N3C[C@H]4OCCN(C)[C@H]4C3)nc2-c2cccc(C#N)c2)cc(C(F)F)n1. The lowest BCUT2D eigenvalue weighted by molar-refractivity contribution is -0.0367. The zero-order chi connectivity index (χ0) is 25.4. The Kier molecular flexibility index (Phi) is 6.66. The van der Waals surface area contributed by atoms with Gasteiger partial charge in [0, 0.05) is 24.3 Å². The van der Waals surface area contributed by atoms with Gasteiger partial charge in [-0.1, -0.05) is 23.5 Å². The fourth-order valence-electron chi connectivity index (χ4n) is 4.63. The number of pyridine rings is 1. The van der Waals surface area contributed by atoms with Crippen LogP contribution in [0.15, 0.2) is 36.4 Å². The van der Waals surface area contributed by atoms with Crippen LogP contribution in [0.5, 0.6) is 0 Å². The van der Waals surface area contributed by atoms with Crippen LogP contribution in [0.1, 0.15) is 23.4 Å². The number of morpholine rings is 1. The second-order valence-electron chi connectivity index (χ2n) is 8.90. The number of rotatable bonds is 4. The molecule has 2 amide bonds. The number of hydrogen-bond acceptors (Lipinski definition) is 7. The Balaban J connectivity index is 1.49. The first kappa shape index (κ1) is 24.2. The summed E-state index contributed by atoms with van der Waals surface area (Å²) >= 11 is 1.20. The number of thiazole rings is 1. The molecule has 1 N–H and O–H groups in total. The van der Waals surface area contributed by atoms with Crippen molar-refractivity contribution in [1.82, 2.24) is 19.8 Å². The topological polar surface area (TPSA) is 94.4 Å². The molecular weight excluding hydrogens is 486 g/mol. The molecule has 0 saturated carbocycles. The number of urea groups is 1. The van der Waals surface area contributed by atoms with Crippen molar-refractivity contribution in [1.29, 1.82) is 5.26 Å². The van der Waals surface area contributed by atoms with Gasteiger partial charge in [0.2, 0.25) is 0 Å². The molecule has 2 saturated heterocycles. The quantitative estimate of drug-likeness (QED) is 0.554. The summed E-state index contributed by atoms with van der Waals surface area (Å²) in [5.41, 5.74) is 2.23. The third-order valence-electron chi connectivity index (χ3n) is 6.43. The molecule has 3 aromatic rings. The molecule has 0 aliphatic carbocycles. The minimum absolute atomic E-state index is 0.0294. The van der Waals surface area contributed by atoms with E-state index in [4.69, 9.17) is 4.74 Å². The normalized spacial score (nSPS) is 19.8. The van der Waals surface area contributed by atoms with Crippen LogP contribution >= 0.6 is 11.3 Å². The number of ether oxygens (including phenoxy) is 1. The van der Waals surface area contributed by atoms with E-state index in [-0.39, 0.29) is 23.9 Å². The van der Waals surface area contributed by atoms with E-state index in [0.717, 1.165) is 6.54 Å². The summed E-state index contributed by atoms with van der Waals surface area (Å²) in [6.45, 7) is 4.14. The molecule has 4 heterocycles. The highest BCUT2D eigenvalue weighted by Crippen LogP contribution is 2.40. The van der Waals surface area contributed by atoms with Crippen LogP contribution in [0.25, 0.3) is 21.7 Å². The maximum Gasteiger partial charge on any atom is 0.323 e. The Morgan fingerprint density at radius 3 is 2.83 bits per heavy atom. The molecule has 0 spiro atoms. The van der Waals surface area contributed by atoms with Crippen molar-refractivity contribution in [2.75, 3.05) is 38.6 Å². The van der Waals surface area contributed by atoms with Crippen LogP contribution in [0.2, 0.25) is 0 Å². The number of fused-ring (bicyclic) bond motifs is 1. The number of halogens is 2. The standard InChI is InChI=1S/C25H24F2N6O2S/c1-14-8-17(10-18(29-14)23(26)27)22-21(16-5-3-4-15(9-16)11-28)30-24(36-22)31-25(34)33-12-19-20(13-33)35-7-6-32(19)2/h3-5,8-10,19-20,23H,6-7,12-13H2,1-2H3,(H,30,31,34)/t19-,20+/m0/s1. The number of carbonyl (C=O) groups is 1. The van der Waals surface area contributed by atoms with E-state index in [2.05, 4.69) is 26.3 Å². The van der Waals surface area contributed by atoms with Crippen LogP contribution in [-0.4, -0.2) is 71.2 Å². The van der Waals surface area contributed by atoms with E-state index in [1.54, 1.807) is 42.2 Å². The third-order valence-corrected chi connectivity index (χ3v) is 7.45. The predicted octanol–water partition coefficient (Wildman–Crippen LogP) is 4.54. The summed E-state index contributed by atoms with van der Waals surface area (Å²) in [4.78, 5) is 26.2. The highest BCUT2D eigenvalue weighted by atomic mass is 32.1. The monoisotopic (exact) mass is 510 g/mol. The number of benzene rings is 1. The van der Waals surface area contributed by atoms with Crippen molar-refractivity contribution in [2.24, 2.45) is 0 Å². The fraction of sp³-hybridized carbons (Fsp3) is 0.360. The summed E-state index contributed by atoms with van der Waals surface area (Å²) in [7, 11) is 2.03. The fourth-order valence-corrected chi connectivity index (χ4v) is 5.60. The van der Waals surface area contributed by atoms with E-state index < -0.39 is 6.43 Å². The van der Waals surface area contributed by atoms with Gasteiger partial charge in [-0.05, 0) is 43.8 Å². The molecule has 0 bridgehead atoms. The number of hydrogen-bond donors (Lipinski definition) is 1. The molecule has 2 aromatic heterocycles. The highest BCUT2D eigenvalue weighted by molar-refractivity contribution is 7.19. The van der Waals surface area contributed by atoms with Crippen molar-refractivity contribution in [3.05, 3.63) is 53.3 Å². The van der Waals surface area contributed by atoms with E-state index in [1.807, 2.05) is 7.05 Å². The van der Waals surface area contributed by atoms with Crippen molar-refractivity contribution in [3.63, 3.8) is 0 Å². The van der Waals surface area contributed by atoms with E-state index >= 15 is 0 Å². The molecule has 1 aromatic carbocycles. The number of alkyl halides is 2. The lowest BCUT2D eigenvalue weighted by Crippen LogP contribution is -2.48. The number of likely N-dealkylation sites (N-methyl/N-ethyl adjacent to an activating group) is 1. The maximum atomic E-state index is 13.5. The van der Waals surface area contributed by atoms with E-state index in [9.17, 15) is 18.8 Å². The molecule has 2 fully saturated rings. The number of aryl methyl sites for hydroxylation is 1. The minimum Gasteiger partial charge on any atom is -0.373 e. The number of aromatic nitrogens is 2. The minimum atomic E-state index is -2.72. The van der Waals surface area contributed by atoms with Crippen LogP contribution < -0.4 is 5.32 Å². The molecule has 11 heteroatoms. The molecular formula is C25H24F2N6O2S. The number of nitrogens with zero attached hydrogens (tertiary/aromatic N) is 5. The first-order valence-corrected chi connectivity index (χ1v) is 12.3. The lowest BCUT2D eigenvalue weighted by atomic mass is 10.0. The van der Waals surface area contributed by atoms with Crippen molar-refractivity contribution >= 4 is 22.5 Å². The predicted molar refractivity (Wildman–Crippen MR) is 132 cm³/mol. The molecule has 2 atom stereocenters. The Hall–Kier alpha value is -3.46. The Morgan fingerprint density at radius 1 is 1.25 bits per heavy atom. The summed E-state index contributed by atoms with van der Waals surface area (Å²) in [6, 6.07) is 11.9. The van der Waals surface area contributed by atoms with Gasteiger partial charge in [0.25, 0.3) is 6.43 Å². The van der Waals surface area contributed by atoms with Crippen molar-refractivity contribution in [3.8, 4) is 27.8 Å². The number of nitriles is 1. The maximum absolute atomic E-state index is 13.5. The average molecular weight is 511 g/mol. The second kappa shape index (κ2) is 9.89. The van der Waals surface area contributed by atoms with E-state index in [0.29, 0.717) is 57.8 Å². The van der Waals surface area contributed by atoms with Crippen molar-refractivity contribution < 1.29 is 18.3 Å². The highest BCUT2D eigenvalue weighted by Gasteiger charge is 2.40. The largest absolute Gasteiger partial charge is 0.373 e. The second-order valence-corrected chi connectivity index (χ2v) is 9.90. The number of nitrogens with one attached hydrogen (secondary N) is 1. The van der Waals surface area contributed by atoms with Gasteiger partial charge in [-0.3, -0.25) is 15.2 Å². The molecule has 36 heavy (non-hydrogen) atoms. The van der Waals surface area contributed by atoms with Crippen LogP contribution in [-0.2, 0) is 4.74 Å². The molecule has 186 valence electrons. The third kappa shape index (κ3) is 4.80. The Morgan fingerprint density at radius 2 is 2.08 bits per heavy atom. The number of amides is 2. The molecule has 2 aliphatic heterocycles. The number of carbonyl (C=O) groups excluding carboxylic acids is 1. The summed E-state index contributed by atoms with van der Waals surface area (Å²) in [5.74, 6) is 0. The number of likely N-dealkylation sites (tertiary alicyclic amines) is 1. The van der Waals surface area contributed by atoms with Gasteiger partial charge < -0.3 is 9.64 Å². The molecule has 0 unspecified atom stereocenters. The van der Waals surface area contributed by atoms with E-state index in [1.165, 1.54) is 17.4 Å². The summed E-state index contributed by atoms with van der Waals surface area (Å²) in [6.07, 6.45) is -2.75. The molecule has 0 radical (unpaired) electrons. The average Bonchev–Trinajstić information content (AvgIpc) is 3.49. The zero-order valence-corrected chi connectivity index (χ0v) is 20.6. The molecule has 8 nitrogen and oxygen atoms in total. The first-order chi connectivity index (χ1) is 17.3. The van der Waals surface area contributed by atoms with Crippen molar-refractivity contribution in [2.45, 2.75) is 25.5 Å². The van der Waals surface area contributed by atoms with Gasteiger partial charge in [0.1, 0.15) is 5.69 Å². The first-order valence-electron chi connectivity index (χ1n) is 11.5. The van der Waals surface area contributed by atoms with Gasteiger partial charge in [-0.2, -0.15) is 5.26 Å². The van der Waals surface area contributed by atoms with Gasteiger partial charge in [-0.15, -0.1) is 0 Å². The van der Waals surface area contributed by atoms with Gasteiger partial charge in [0.15, 0.2) is 5.13 Å². The summed E-state index contributed by atoms with van der Waals surface area (Å²) < 4.78 is 32.8. The number of anilines is 1. The van der Waals surface area contributed by atoms with Crippen LogP contribution in [0.3, 0.4) is 0 Å². The zero-order valence-electron chi connectivity index (χ0n) is 19.7. The Bertz CT molecular complexity index is 1340. The van der Waals surface area contributed by atoms with Gasteiger partial charge in [-0.25, -0.2) is 18.6 Å².